The van der Waals surface area contributed by atoms with Gasteiger partial charge in [0, 0.05) is 12.0 Å². The Kier molecular flexibility index (Phi) is 6.44. The van der Waals surface area contributed by atoms with Crippen molar-refractivity contribution in [3.63, 3.8) is 0 Å². The van der Waals surface area contributed by atoms with Gasteiger partial charge < -0.3 is 9.47 Å². The van der Waals surface area contributed by atoms with Gasteiger partial charge in [0.25, 0.3) is 0 Å². The standard InChI is InChI=1S/C23H24N2O4/c1-16-6-4-7-17(12-16)10-11-19(26)15-25-22(23(27)29-3)14-21(24-25)18-8-5-9-20(13-18)28-2/h4-9,12-14H,10-11,15H2,1-3H3. The maximum absolute atomic E-state index is 12.5. The number of carbonyl (C=O) groups excluding carboxylic acids is 2. The van der Waals surface area contributed by atoms with Crippen molar-refractivity contribution in [1.29, 1.82) is 0 Å². The Balaban J connectivity index is 1.78. The summed E-state index contributed by atoms with van der Waals surface area (Å²) in [6.45, 7) is 2.04. The van der Waals surface area contributed by atoms with E-state index in [1.54, 1.807) is 13.2 Å². The first-order valence-corrected chi connectivity index (χ1v) is 9.38. The van der Waals surface area contributed by atoms with Gasteiger partial charge in [0.1, 0.15) is 18.0 Å². The number of hydrogen-bond donors (Lipinski definition) is 0. The summed E-state index contributed by atoms with van der Waals surface area (Å²) < 4.78 is 11.5. The van der Waals surface area contributed by atoms with Crippen molar-refractivity contribution in [2.24, 2.45) is 0 Å². The molecule has 150 valence electrons. The lowest BCUT2D eigenvalue weighted by Gasteiger charge is -2.06. The van der Waals surface area contributed by atoms with Gasteiger partial charge >= 0.3 is 5.97 Å². The predicted octanol–water partition coefficient (Wildman–Crippen LogP) is 3.86. The highest BCUT2D eigenvalue weighted by Gasteiger charge is 2.19. The van der Waals surface area contributed by atoms with E-state index in [-0.39, 0.29) is 18.0 Å². The monoisotopic (exact) mass is 392 g/mol. The lowest BCUT2D eigenvalue weighted by atomic mass is 10.1. The van der Waals surface area contributed by atoms with E-state index in [0.29, 0.717) is 24.3 Å². The highest BCUT2D eigenvalue weighted by Crippen LogP contribution is 2.24. The van der Waals surface area contributed by atoms with Gasteiger partial charge in [-0.1, -0.05) is 42.0 Å². The summed E-state index contributed by atoms with van der Waals surface area (Å²) in [4.78, 5) is 24.7. The van der Waals surface area contributed by atoms with E-state index in [1.807, 2.05) is 49.4 Å². The van der Waals surface area contributed by atoms with Gasteiger partial charge in [0.05, 0.1) is 19.9 Å². The molecule has 6 heteroatoms. The Morgan fingerprint density at radius 1 is 1.03 bits per heavy atom. The summed E-state index contributed by atoms with van der Waals surface area (Å²) in [6, 6.07) is 17.1. The molecule has 6 nitrogen and oxygen atoms in total. The number of carbonyl (C=O) groups is 2. The molecule has 0 N–H and O–H groups in total. The van der Waals surface area contributed by atoms with E-state index >= 15 is 0 Å². The minimum Gasteiger partial charge on any atom is -0.497 e. The molecular weight excluding hydrogens is 368 g/mol. The molecule has 0 atom stereocenters. The fourth-order valence-electron chi connectivity index (χ4n) is 3.13. The average molecular weight is 392 g/mol. The number of ether oxygens (including phenoxy) is 2. The fraction of sp³-hybridized carbons (Fsp3) is 0.261. The largest absolute Gasteiger partial charge is 0.497 e. The van der Waals surface area contributed by atoms with Crippen molar-refractivity contribution in [2.45, 2.75) is 26.3 Å². The van der Waals surface area contributed by atoms with Crippen LogP contribution in [0.5, 0.6) is 5.75 Å². The SMILES string of the molecule is COC(=O)c1cc(-c2cccc(OC)c2)nn1CC(=O)CCc1cccc(C)c1. The Morgan fingerprint density at radius 2 is 1.83 bits per heavy atom. The third-order valence-electron chi connectivity index (χ3n) is 4.64. The van der Waals surface area contributed by atoms with Crippen molar-refractivity contribution >= 4 is 11.8 Å². The number of nitrogens with zero attached hydrogens (tertiary/aromatic N) is 2. The van der Waals surface area contributed by atoms with Gasteiger partial charge in [-0.25, -0.2) is 4.79 Å². The van der Waals surface area contributed by atoms with E-state index in [4.69, 9.17) is 9.47 Å². The molecule has 0 aliphatic heterocycles. The number of esters is 1. The highest BCUT2D eigenvalue weighted by atomic mass is 16.5. The zero-order valence-corrected chi connectivity index (χ0v) is 16.8. The van der Waals surface area contributed by atoms with Crippen molar-refractivity contribution in [3.8, 4) is 17.0 Å². The van der Waals surface area contributed by atoms with E-state index in [2.05, 4.69) is 11.2 Å². The second-order valence-corrected chi connectivity index (χ2v) is 6.82. The number of aromatic nitrogens is 2. The van der Waals surface area contributed by atoms with Crippen molar-refractivity contribution in [3.05, 3.63) is 71.4 Å². The topological polar surface area (TPSA) is 70.4 Å². The summed E-state index contributed by atoms with van der Waals surface area (Å²) in [7, 11) is 2.90. The van der Waals surface area contributed by atoms with Crippen LogP contribution in [0.4, 0.5) is 0 Å². The number of benzene rings is 2. The molecule has 0 spiro atoms. The quantitative estimate of drug-likeness (QED) is 0.545. The number of hydrogen-bond acceptors (Lipinski definition) is 5. The zero-order chi connectivity index (χ0) is 20.8. The van der Waals surface area contributed by atoms with Crippen LogP contribution in [0.15, 0.2) is 54.6 Å². The van der Waals surface area contributed by atoms with Gasteiger partial charge in [-0.05, 0) is 37.1 Å². The van der Waals surface area contributed by atoms with E-state index in [9.17, 15) is 9.59 Å². The molecule has 3 rings (SSSR count). The predicted molar refractivity (Wildman–Crippen MR) is 110 cm³/mol. The third kappa shape index (κ3) is 5.10. The second-order valence-electron chi connectivity index (χ2n) is 6.82. The van der Waals surface area contributed by atoms with Crippen LogP contribution < -0.4 is 4.74 Å². The summed E-state index contributed by atoms with van der Waals surface area (Å²) >= 11 is 0. The molecule has 0 saturated heterocycles. The summed E-state index contributed by atoms with van der Waals surface area (Å²) in [5.41, 5.74) is 3.90. The molecule has 0 aliphatic rings. The normalized spacial score (nSPS) is 10.6. The minimum atomic E-state index is -0.530. The molecule has 3 aromatic rings. The molecule has 1 aromatic heterocycles. The number of aryl methyl sites for hydroxylation is 2. The molecule has 0 saturated carbocycles. The maximum atomic E-state index is 12.5. The van der Waals surface area contributed by atoms with Gasteiger partial charge in [-0.3, -0.25) is 9.48 Å². The molecule has 0 amide bonds. The maximum Gasteiger partial charge on any atom is 0.356 e. The van der Waals surface area contributed by atoms with Crippen LogP contribution in [0.25, 0.3) is 11.3 Å². The molecule has 0 fully saturated rings. The number of methoxy groups -OCH3 is 2. The molecule has 2 aromatic carbocycles. The summed E-state index contributed by atoms with van der Waals surface area (Å²) in [5, 5.41) is 4.47. The minimum absolute atomic E-state index is 0.00282. The van der Waals surface area contributed by atoms with Crippen LogP contribution in [0.3, 0.4) is 0 Å². The molecule has 29 heavy (non-hydrogen) atoms. The molecule has 1 heterocycles. The number of ketones is 1. The Labute approximate surface area is 170 Å². The van der Waals surface area contributed by atoms with Crippen LogP contribution in [0, 0.1) is 6.92 Å². The van der Waals surface area contributed by atoms with E-state index in [1.165, 1.54) is 11.8 Å². The van der Waals surface area contributed by atoms with Crippen LogP contribution in [-0.2, 0) is 22.5 Å². The first kappa shape index (κ1) is 20.3. The summed E-state index contributed by atoms with van der Waals surface area (Å²) in [6.07, 6.45) is 1.02. The highest BCUT2D eigenvalue weighted by molar-refractivity contribution is 5.90. The van der Waals surface area contributed by atoms with Crippen LogP contribution in [0.1, 0.15) is 28.0 Å². The van der Waals surface area contributed by atoms with E-state index < -0.39 is 5.97 Å². The molecule has 0 unspecified atom stereocenters. The van der Waals surface area contributed by atoms with E-state index in [0.717, 1.165) is 16.7 Å². The van der Waals surface area contributed by atoms with Crippen molar-refractivity contribution in [2.75, 3.05) is 14.2 Å². The van der Waals surface area contributed by atoms with Gasteiger partial charge in [-0.2, -0.15) is 5.10 Å². The Hall–Kier alpha value is -3.41. The Morgan fingerprint density at radius 3 is 2.55 bits per heavy atom. The van der Waals surface area contributed by atoms with Gasteiger partial charge in [-0.15, -0.1) is 0 Å². The summed E-state index contributed by atoms with van der Waals surface area (Å²) in [5.74, 6) is 0.154. The van der Waals surface area contributed by atoms with Crippen LogP contribution in [-0.4, -0.2) is 35.8 Å². The zero-order valence-electron chi connectivity index (χ0n) is 16.8. The molecular formula is C23H24N2O4. The van der Waals surface area contributed by atoms with Crippen LogP contribution >= 0.6 is 0 Å². The lowest BCUT2D eigenvalue weighted by Crippen LogP contribution is -2.17. The fourth-order valence-corrected chi connectivity index (χ4v) is 3.13. The lowest BCUT2D eigenvalue weighted by molar-refractivity contribution is -0.119. The first-order chi connectivity index (χ1) is 14.0. The first-order valence-electron chi connectivity index (χ1n) is 9.38. The van der Waals surface area contributed by atoms with Crippen molar-refractivity contribution < 1.29 is 19.1 Å². The third-order valence-corrected chi connectivity index (χ3v) is 4.64. The van der Waals surface area contributed by atoms with Crippen molar-refractivity contribution in [1.82, 2.24) is 9.78 Å². The number of rotatable bonds is 8. The second kappa shape index (κ2) is 9.19. The molecule has 0 aliphatic carbocycles. The molecule has 0 radical (unpaired) electrons. The van der Waals surface area contributed by atoms with Crippen LogP contribution in [0.2, 0.25) is 0 Å². The smallest absolute Gasteiger partial charge is 0.356 e. The molecule has 0 bridgehead atoms. The van der Waals surface area contributed by atoms with Gasteiger partial charge in [0.15, 0.2) is 5.78 Å². The number of Topliss-reactive ketones (excluding diaryl/α,β-unsaturated/α-hetero) is 1. The average Bonchev–Trinajstić information content (AvgIpc) is 3.15. The Bertz CT molecular complexity index is 1020. The van der Waals surface area contributed by atoms with Gasteiger partial charge in [0.2, 0.25) is 0 Å².